The van der Waals surface area contributed by atoms with Crippen molar-refractivity contribution in [2.45, 2.75) is 26.2 Å². The number of nitrogens with zero attached hydrogens (tertiary/aromatic N) is 1. The van der Waals surface area contributed by atoms with E-state index in [0.29, 0.717) is 19.3 Å². The number of hydrogen-bond acceptors (Lipinski definition) is 7. The van der Waals surface area contributed by atoms with Crippen molar-refractivity contribution in [2.24, 2.45) is 0 Å². The van der Waals surface area contributed by atoms with E-state index >= 15 is 0 Å². The third kappa shape index (κ3) is 5.02. The summed E-state index contributed by atoms with van der Waals surface area (Å²) in [6, 6.07) is 2.36. The molecule has 0 unspecified atom stereocenters. The van der Waals surface area contributed by atoms with Crippen LogP contribution in [-0.4, -0.2) is 41.7 Å². The molecule has 11 heteroatoms. The molecule has 1 aliphatic rings. The number of imide groups is 1. The van der Waals surface area contributed by atoms with Gasteiger partial charge < -0.3 is 14.5 Å². The largest absolute Gasteiger partial charge is 0.422 e. The molecule has 0 saturated heterocycles. The molecule has 0 aliphatic carbocycles. The van der Waals surface area contributed by atoms with Gasteiger partial charge in [-0.3, -0.25) is 24.1 Å². The first-order valence-electron chi connectivity index (χ1n) is 9.65. The third-order valence-corrected chi connectivity index (χ3v) is 4.89. The molecule has 1 aliphatic heterocycles. The van der Waals surface area contributed by atoms with Gasteiger partial charge in [-0.2, -0.15) is 4.39 Å². The van der Waals surface area contributed by atoms with Crippen LogP contribution in [0.3, 0.4) is 0 Å². The van der Waals surface area contributed by atoms with Gasteiger partial charge in [0.15, 0.2) is 11.3 Å². The lowest BCUT2D eigenvalue weighted by Crippen LogP contribution is -2.31. The summed E-state index contributed by atoms with van der Waals surface area (Å²) < 4.78 is 24.2. The number of carbonyl (C=O) groups is 4. The minimum absolute atomic E-state index is 0.0432. The summed E-state index contributed by atoms with van der Waals surface area (Å²) in [5.41, 5.74) is -1.90. The van der Waals surface area contributed by atoms with Crippen LogP contribution in [0.2, 0.25) is 5.02 Å². The van der Waals surface area contributed by atoms with Crippen LogP contribution in [0.1, 0.15) is 36.5 Å². The number of nitrogens with one attached hydrogen (secondary N) is 1. The van der Waals surface area contributed by atoms with Crippen molar-refractivity contribution in [2.75, 3.05) is 13.1 Å². The van der Waals surface area contributed by atoms with Crippen molar-refractivity contribution in [1.82, 2.24) is 10.2 Å². The predicted octanol–water partition coefficient (Wildman–Crippen LogP) is 2.34. The quantitative estimate of drug-likeness (QED) is 0.209. The number of rotatable bonds is 8. The maximum atomic E-state index is 14.5. The van der Waals surface area contributed by atoms with Crippen LogP contribution in [0.5, 0.6) is 5.75 Å². The Bertz CT molecular complexity index is 1190. The van der Waals surface area contributed by atoms with Gasteiger partial charge in [-0.25, -0.2) is 4.79 Å². The van der Waals surface area contributed by atoms with Crippen LogP contribution >= 0.6 is 11.6 Å². The number of ether oxygens (including phenoxy) is 1. The van der Waals surface area contributed by atoms with Gasteiger partial charge in [-0.15, -0.1) is 0 Å². The second kappa shape index (κ2) is 9.73. The highest BCUT2D eigenvalue weighted by atomic mass is 35.5. The van der Waals surface area contributed by atoms with Crippen molar-refractivity contribution in [1.29, 1.82) is 0 Å². The Kier molecular flexibility index (Phi) is 7.04. The molecule has 168 valence electrons. The first-order valence-corrected chi connectivity index (χ1v) is 10.0. The van der Waals surface area contributed by atoms with E-state index in [-0.39, 0.29) is 40.9 Å². The van der Waals surface area contributed by atoms with Crippen LogP contribution in [0.4, 0.5) is 4.39 Å². The van der Waals surface area contributed by atoms with E-state index in [0.717, 1.165) is 17.9 Å². The number of unbranched alkanes of at least 4 members (excludes halogenated alkanes) is 2. The highest BCUT2D eigenvalue weighted by Gasteiger charge is 2.23. The van der Waals surface area contributed by atoms with Crippen LogP contribution in [0.25, 0.3) is 11.0 Å². The number of esters is 1. The fraction of sp³-hybridized carbons (Fsp3) is 0.286. The first-order chi connectivity index (χ1) is 15.2. The second-order valence-corrected chi connectivity index (χ2v) is 7.35. The maximum Gasteiger partial charge on any atom is 0.349 e. The lowest BCUT2D eigenvalue weighted by Gasteiger charge is -2.13. The van der Waals surface area contributed by atoms with E-state index < -0.39 is 34.7 Å². The lowest BCUT2D eigenvalue weighted by atomic mass is 10.1. The molecule has 0 saturated carbocycles. The normalized spacial score (nSPS) is 13.2. The summed E-state index contributed by atoms with van der Waals surface area (Å²) >= 11 is 5.93. The van der Waals surface area contributed by atoms with Crippen molar-refractivity contribution in [3.8, 4) is 5.75 Å². The SMILES string of the molecule is CC(=O)Oc1c(Cl)cc2cc(C(=O)NCCCCCN3C(=O)C=CC3=O)c(=O)oc2c1F. The molecule has 2 aromatic rings. The summed E-state index contributed by atoms with van der Waals surface area (Å²) in [6.07, 6.45) is 4.17. The Morgan fingerprint density at radius 1 is 1.12 bits per heavy atom. The van der Waals surface area contributed by atoms with Gasteiger partial charge in [0.1, 0.15) is 5.56 Å². The van der Waals surface area contributed by atoms with Crippen LogP contribution in [-0.2, 0) is 14.4 Å². The minimum atomic E-state index is -1.13. The minimum Gasteiger partial charge on any atom is -0.422 e. The van der Waals surface area contributed by atoms with Gasteiger partial charge in [-0.1, -0.05) is 11.6 Å². The number of benzene rings is 1. The van der Waals surface area contributed by atoms with E-state index in [4.69, 9.17) is 20.8 Å². The Hall–Kier alpha value is -3.53. The molecule has 1 aromatic carbocycles. The van der Waals surface area contributed by atoms with Gasteiger partial charge in [0.2, 0.25) is 5.82 Å². The van der Waals surface area contributed by atoms with Crippen LogP contribution < -0.4 is 15.7 Å². The molecule has 0 spiro atoms. The lowest BCUT2D eigenvalue weighted by molar-refractivity contribution is -0.137. The van der Waals surface area contributed by atoms with Crippen molar-refractivity contribution >= 4 is 46.3 Å². The summed E-state index contributed by atoms with van der Waals surface area (Å²) in [5, 5.41) is 2.38. The van der Waals surface area contributed by atoms with Crippen molar-refractivity contribution in [3.05, 3.63) is 51.1 Å². The molecule has 3 amide bonds. The predicted molar refractivity (Wildman–Crippen MR) is 111 cm³/mol. The zero-order chi connectivity index (χ0) is 23.4. The van der Waals surface area contributed by atoms with Gasteiger partial charge in [0, 0.05) is 37.6 Å². The standard InChI is InChI=1S/C21H18ClFN2O7/c1-11(26)31-19-14(22)10-12-9-13(21(30)32-18(12)17(19)23)20(29)24-7-3-2-4-8-25-15(27)5-6-16(25)28/h5-6,9-10H,2-4,7-8H2,1H3,(H,24,29). The van der Waals surface area contributed by atoms with Crippen LogP contribution in [0, 0.1) is 5.82 Å². The molecule has 0 bridgehead atoms. The van der Waals surface area contributed by atoms with E-state index in [1.807, 2.05) is 0 Å². The fourth-order valence-corrected chi connectivity index (χ4v) is 3.33. The van der Waals surface area contributed by atoms with Crippen molar-refractivity contribution in [3.63, 3.8) is 0 Å². The third-order valence-electron chi connectivity index (χ3n) is 4.61. The summed E-state index contributed by atoms with van der Waals surface area (Å²) in [6.45, 7) is 1.58. The Morgan fingerprint density at radius 3 is 2.47 bits per heavy atom. The molecule has 0 fully saturated rings. The Morgan fingerprint density at radius 2 is 1.81 bits per heavy atom. The topological polar surface area (TPSA) is 123 Å². The summed E-state index contributed by atoms with van der Waals surface area (Å²) in [5.74, 6) is -3.91. The Balaban J connectivity index is 1.60. The number of fused-ring (bicyclic) bond motifs is 1. The highest BCUT2D eigenvalue weighted by molar-refractivity contribution is 6.33. The molecular formula is C21H18ClFN2O7. The zero-order valence-corrected chi connectivity index (χ0v) is 17.7. The average molecular weight is 465 g/mol. The van der Waals surface area contributed by atoms with Crippen LogP contribution in [0.15, 0.2) is 33.5 Å². The molecule has 1 N–H and O–H groups in total. The van der Waals surface area contributed by atoms with Gasteiger partial charge in [-0.05, 0) is 31.4 Å². The van der Waals surface area contributed by atoms with Crippen molar-refractivity contribution < 1.29 is 32.7 Å². The average Bonchev–Trinajstić information content (AvgIpc) is 3.05. The maximum absolute atomic E-state index is 14.5. The zero-order valence-electron chi connectivity index (χ0n) is 16.9. The van der Waals surface area contributed by atoms with E-state index in [2.05, 4.69) is 5.32 Å². The molecule has 0 atom stereocenters. The highest BCUT2D eigenvalue weighted by Crippen LogP contribution is 2.34. The van der Waals surface area contributed by atoms with E-state index in [9.17, 15) is 28.4 Å². The second-order valence-electron chi connectivity index (χ2n) is 6.94. The molecule has 0 radical (unpaired) electrons. The molecule has 1 aromatic heterocycles. The van der Waals surface area contributed by atoms with Gasteiger partial charge >= 0.3 is 11.6 Å². The molecule has 3 rings (SSSR count). The molecule has 2 heterocycles. The number of carbonyl (C=O) groups excluding carboxylic acids is 4. The number of halogens is 2. The first kappa shape index (κ1) is 23.1. The van der Waals surface area contributed by atoms with E-state index in [1.54, 1.807) is 0 Å². The summed E-state index contributed by atoms with van der Waals surface area (Å²) in [4.78, 5) is 59.7. The monoisotopic (exact) mass is 464 g/mol. The number of amides is 3. The molecule has 32 heavy (non-hydrogen) atoms. The molecular weight excluding hydrogens is 447 g/mol. The van der Waals surface area contributed by atoms with Gasteiger partial charge in [0.05, 0.1) is 5.02 Å². The fourth-order valence-electron chi connectivity index (χ4n) is 3.09. The molecule has 9 nitrogen and oxygen atoms in total. The Labute approximate surface area is 185 Å². The smallest absolute Gasteiger partial charge is 0.349 e. The van der Waals surface area contributed by atoms with E-state index in [1.165, 1.54) is 18.2 Å². The van der Waals surface area contributed by atoms with Gasteiger partial charge in [0.25, 0.3) is 17.7 Å². The summed E-state index contributed by atoms with van der Waals surface area (Å²) in [7, 11) is 0. The number of hydrogen-bond donors (Lipinski definition) is 1.